The number of likely N-dealkylation sites (N-methyl/N-ethyl adjacent to an activating group) is 1. The van der Waals surface area contributed by atoms with Crippen molar-refractivity contribution in [3.8, 4) is 0 Å². The molecule has 1 N–H and O–H groups in total. The molecule has 0 spiro atoms. The molecule has 0 aliphatic heterocycles. The van der Waals surface area contributed by atoms with Crippen LogP contribution in [0.1, 0.15) is 200 Å². The summed E-state index contributed by atoms with van der Waals surface area (Å²) < 4.78 is 46.9. The van der Waals surface area contributed by atoms with E-state index in [0.29, 0.717) is 36.8 Å². The van der Waals surface area contributed by atoms with Crippen molar-refractivity contribution in [1.29, 1.82) is 0 Å². The number of rotatable bonds is 40. The van der Waals surface area contributed by atoms with Gasteiger partial charge in [-0.3, -0.25) is 14.1 Å². The Morgan fingerprint density at radius 3 is 1.39 bits per heavy atom. The van der Waals surface area contributed by atoms with E-state index in [1.54, 1.807) is 0 Å². The van der Waals surface area contributed by atoms with Gasteiger partial charge >= 0.3 is 22.3 Å². The van der Waals surface area contributed by atoms with E-state index in [9.17, 15) is 18.0 Å². The fraction of sp³-hybridized carbons (Fsp3) is 0.864. The van der Waals surface area contributed by atoms with Crippen LogP contribution >= 0.6 is 0 Å². The first-order valence-corrected chi connectivity index (χ1v) is 23.4. The van der Waals surface area contributed by atoms with E-state index in [1.807, 2.05) is 14.1 Å². The summed E-state index contributed by atoms with van der Waals surface area (Å²) in [6.45, 7) is 5.26. The molecule has 0 aliphatic rings. The first kappa shape index (κ1) is 52.2. The average molecular weight is 787 g/mol. The molecule has 0 bridgehead atoms. The van der Waals surface area contributed by atoms with Crippen LogP contribution < -0.4 is 0 Å². The molecule has 0 rings (SSSR count). The smallest absolute Gasteiger partial charge is 0.397 e. The maximum Gasteiger partial charge on any atom is 0.397 e. The van der Waals surface area contributed by atoms with Crippen molar-refractivity contribution in [1.82, 2.24) is 0 Å². The lowest BCUT2D eigenvalue weighted by Gasteiger charge is -2.33. The Balaban J connectivity index is 4.41. The number of ether oxygens (including phenoxy) is 2. The second-order valence-electron chi connectivity index (χ2n) is 15.9. The number of nitrogens with zero attached hydrogens (tertiary/aromatic N) is 1. The van der Waals surface area contributed by atoms with Crippen molar-refractivity contribution < 1.29 is 40.7 Å². The lowest BCUT2D eigenvalue weighted by atomic mass is 10.1. The van der Waals surface area contributed by atoms with Crippen LogP contribution in [0.3, 0.4) is 0 Å². The van der Waals surface area contributed by atoms with Gasteiger partial charge in [-0.15, -0.1) is 0 Å². The molecule has 10 heteroatoms. The van der Waals surface area contributed by atoms with E-state index in [-0.39, 0.29) is 25.2 Å². The zero-order valence-electron chi connectivity index (χ0n) is 35.4. The Bertz CT molecular complexity index is 1040. The van der Waals surface area contributed by atoms with E-state index < -0.39 is 16.5 Å². The van der Waals surface area contributed by atoms with Crippen LogP contribution in [-0.2, 0) is 33.6 Å². The second-order valence-corrected chi connectivity index (χ2v) is 17.0. The van der Waals surface area contributed by atoms with Crippen LogP contribution in [0.2, 0.25) is 0 Å². The van der Waals surface area contributed by atoms with Crippen LogP contribution in [0.5, 0.6) is 0 Å². The molecule has 0 aromatic heterocycles. The summed E-state index contributed by atoms with van der Waals surface area (Å²) in [5, 5.41) is 0. The van der Waals surface area contributed by atoms with Crippen molar-refractivity contribution in [2.75, 3.05) is 40.4 Å². The molecule has 9 nitrogen and oxygen atoms in total. The third-order valence-corrected chi connectivity index (χ3v) is 10.3. The van der Waals surface area contributed by atoms with E-state index in [1.165, 1.54) is 103 Å². The molecule has 0 aromatic carbocycles. The number of esters is 2. The molecule has 0 radical (unpaired) electrons. The molecule has 0 heterocycles. The standard InChI is InChI=1S/C44H83NO8S/c1-5-7-9-11-13-15-17-19-21-23-25-27-29-31-33-36-43(46)51-41-42(40-45(3,4)38-35-39-52-54(48,49)50)53-44(47)37-34-32-30-28-26-24-22-20-18-16-14-12-10-8-6-2/h19-22,42H,5-18,23-41H2,1-4H3/p+1/b21-19-,22-20-. The fourth-order valence-corrected chi connectivity index (χ4v) is 6.93. The van der Waals surface area contributed by atoms with Crippen molar-refractivity contribution in [2.45, 2.75) is 206 Å². The second kappa shape index (κ2) is 36.9. The quantitative estimate of drug-likeness (QED) is 0.0215. The highest BCUT2D eigenvalue weighted by Crippen LogP contribution is 2.14. The maximum absolute atomic E-state index is 12.8. The van der Waals surface area contributed by atoms with Gasteiger partial charge in [-0.2, -0.15) is 8.42 Å². The normalized spacial score (nSPS) is 12.9. The summed E-state index contributed by atoms with van der Waals surface area (Å²) in [4.78, 5) is 25.4. The monoisotopic (exact) mass is 787 g/mol. The number of hydrogen-bond acceptors (Lipinski definition) is 7. The van der Waals surface area contributed by atoms with E-state index in [4.69, 9.17) is 14.0 Å². The summed E-state index contributed by atoms with van der Waals surface area (Å²) in [6.07, 6.45) is 40.7. The molecule has 318 valence electrons. The molecule has 0 fully saturated rings. The van der Waals surface area contributed by atoms with Gasteiger partial charge < -0.3 is 14.0 Å². The van der Waals surface area contributed by atoms with Gasteiger partial charge in [0, 0.05) is 19.3 Å². The Morgan fingerprint density at radius 1 is 0.574 bits per heavy atom. The minimum absolute atomic E-state index is 0.00871. The summed E-state index contributed by atoms with van der Waals surface area (Å²) in [5.74, 6) is -0.571. The minimum Gasteiger partial charge on any atom is -0.461 e. The molecule has 54 heavy (non-hydrogen) atoms. The minimum atomic E-state index is -4.49. The van der Waals surface area contributed by atoms with Gasteiger partial charge in [-0.05, 0) is 64.2 Å². The van der Waals surface area contributed by atoms with Crippen LogP contribution in [0.15, 0.2) is 24.3 Å². The van der Waals surface area contributed by atoms with Gasteiger partial charge in [0.1, 0.15) is 13.2 Å². The van der Waals surface area contributed by atoms with Gasteiger partial charge in [0.25, 0.3) is 0 Å². The Labute approximate surface area is 333 Å². The summed E-state index contributed by atoms with van der Waals surface area (Å²) in [6, 6.07) is 0. The first-order valence-electron chi connectivity index (χ1n) is 22.1. The molecule has 0 amide bonds. The van der Waals surface area contributed by atoms with Crippen molar-refractivity contribution in [3.05, 3.63) is 24.3 Å². The number of quaternary nitrogens is 1. The average Bonchev–Trinajstić information content (AvgIpc) is 3.12. The number of allylic oxidation sites excluding steroid dienone is 4. The van der Waals surface area contributed by atoms with Gasteiger partial charge in [-0.25, -0.2) is 4.18 Å². The topological polar surface area (TPSA) is 116 Å². The molecule has 1 atom stereocenters. The Kier molecular flexibility index (Phi) is 35.7. The van der Waals surface area contributed by atoms with E-state index >= 15 is 0 Å². The number of hydrogen-bond donors (Lipinski definition) is 1. The maximum atomic E-state index is 12.8. The highest BCUT2D eigenvalue weighted by atomic mass is 32.3. The third kappa shape index (κ3) is 39.9. The highest BCUT2D eigenvalue weighted by molar-refractivity contribution is 7.80. The molecule has 0 aromatic rings. The zero-order chi connectivity index (χ0) is 40.0. The highest BCUT2D eigenvalue weighted by Gasteiger charge is 2.27. The van der Waals surface area contributed by atoms with Crippen LogP contribution in [0.25, 0.3) is 0 Å². The van der Waals surface area contributed by atoms with Crippen LogP contribution in [0.4, 0.5) is 0 Å². The first-order chi connectivity index (χ1) is 26.0. The van der Waals surface area contributed by atoms with Crippen molar-refractivity contribution >= 4 is 22.3 Å². The molecule has 0 aliphatic carbocycles. The Hall–Kier alpha value is -1.75. The fourth-order valence-electron chi connectivity index (χ4n) is 6.61. The number of carbonyl (C=O) groups excluding carboxylic acids is 2. The summed E-state index contributed by atoms with van der Waals surface area (Å²) >= 11 is 0. The molecular weight excluding hydrogens is 703 g/mol. The lowest BCUT2D eigenvalue weighted by molar-refractivity contribution is -0.893. The molecule has 1 unspecified atom stereocenters. The molecule has 0 saturated carbocycles. The third-order valence-electron chi connectivity index (χ3n) is 9.85. The van der Waals surface area contributed by atoms with Gasteiger partial charge in [0.15, 0.2) is 6.10 Å². The zero-order valence-corrected chi connectivity index (χ0v) is 36.2. The van der Waals surface area contributed by atoms with Crippen LogP contribution in [-0.4, -0.2) is 75.9 Å². The summed E-state index contributed by atoms with van der Waals surface area (Å²) in [7, 11) is -0.616. The van der Waals surface area contributed by atoms with E-state index in [0.717, 1.165) is 64.2 Å². The number of carbonyl (C=O) groups is 2. The molecular formula is C44H84NO8S+. The SMILES string of the molecule is CCCCCCCC/C=C\CCCCCCCC(=O)OCC(C[N+](C)(C)CCCOS(=O)(=O)O)OC(=O)CCCCCCC/C=C\CCCCCCCC. The molecule has 0 saturated heterocycles. The van der Waals surface area contributed by atoms with Gasteiger partial charge in [0.2, 0.25) is 0 Å². The predicted octanol–water partition coefficient (Wildman–Crippen LogP) is 11.8. The summed E-state index contributed by atoms with van der Waals surface area (Å²) in [5.41, 5.74) is 0. The van der Waals surface area contributed by atoms with Crippen LogP contribution in [0, 0.1) is 0 Å². The predicted molar refractivity (Wildman–Crippen MR) is 224 cm³/mol. The largest absolute Gasteiger partial charge is 0.461 e. The van der Waals surface area contributed by atoms with Crippen molar-refractivity contribution in [2.24, 2.45) is 0 Å². The lowest BCUT2D eigenvalue weighted by Crippen LogP contribution is -2.49. The Morgan fingerprint density at radius 2 is 0.963 bits per heavy atom. The van der Waals surface area contributed by atoms with Gasteiger partial charge in [0.05, 0.1) is 27.2 Å². The van der Waals surface area contributed by atoms with Gasteiger partial charge in [-0.1, -0.05) is 141 Å². The number of unbranched alkanes of at least 4 members (excludes halogenated alkanes) is 22. The van der Waals surface area contributed by atoms with E-state index in [2.05, 4.69) is 42.3 Å². The van der Waals surface area contributed by atoms with Crippen molar-refractivity contribution in [3.63, 3.8) is 0 Å².